The molecule has 0 radical (unpaired) electrons. The van der Waals surface area contributed by atoms with Gasteiger partial charge in [-0.3, -0.25) is 4.21 Å². The summed E-state index contributed by atoms with van der Waals surface area (Å²) >= 11 is 0. The van der Waals surface area contributed by atoms with Crippen LogP contribution in [0, 0.1) is 6.92 Å². The van der Waals surface area contributed by atoms with Crippen molar-refractivity contribution in [3.63, 3.8) is 0 Å². The number of nitrogens with one attached hydrogen (secondary N) is 1. The summed E-state index contributed by atoms with van der Waals surface area (Å²) in [5.41, 5.74) is 2.14. The Bertz CT molecular complexity index is 671. The van der Waals surface area contributed by atoms with Gasteiger partial charge < -0.3 is 10.1 Å². The molecule has 1 aliphatic heterocycles. The molecular formula is C17H19NO2S. The minimum Gasteiger partial charge on any atom is -0.492 e. The van der Waals surface area contributed by atoms with Crippen LogP contribution < -0.4 is 10.1 Å². The van der Waals surface area contributed by atoms with Gasteiger partial charge in [0.2, 0.25) is 0 Å². The fraction of sp³-hybridized carbons (Fsp3) is 0.294. The van der Waals surface area contributed by atoms with E-state index < -0.39 is 10.8 Å². The fourth-order valence-electron chi connectivity index (χ4n) is 2.81. The van der Waals surface area contributed by atoms with Gasteiger partial charge in [-0.2, -0.15) is 0 Å². The van der Waals surface area contributed by atoms with Gasteiger partial charge in [0.1, 0.15) is 12.4 Å². The Balaban J connectivity index is 1.96. The van der Waals surface area contributed by atoms with E-state index in [1.54, 1.807) is 0 Å². The molecule has 4 heteroatoms. The lowest BCUT2D eigenvalue weighted by Crippen LogP contribution is -2.40. The van der Waals surface area contributed by atoms with Crippen molar-refractivity contribution in [3.05, 3.63) is 59.7 Å². The molecule has 3 atom stereocenters. The maximum Gasteiger partial charge on any atom is 0.124 e. The number of rotatable bonds is 3. The van der Waals surface area contributed by atoms with Crippen LogP contribution in [0.1, 0.15) is 17.2 Å². The van der Waals surface area contributed by atoms with Crippen LogP contribution in [0.3, 0.4) is 0 Å². The molecule has 2 aromatic rings. The Hall–Kier alpha value is -1.65. The average Bonchev–Trinajstić information content (AvgIpc) is 2.53. The van der Waals surface area contributed by atoms with Crippen molar-refractivity contribution in [1.29, 1.82) is 0 Å². The molecule has 1 heterocycles. The molecule has 0 saturated heterocycles. The van der Waals surface area contributed by atoms with Gasteiger partial charge in [0.25, 0.3) is 0 Å². The van der Waals surface area contributed by atoms with Gasteiger partial charge in [0.05, 0.1) is 22.1 Å². The Labute approximate surface area is 127 Å². The van der Waals surface area contributed by atoms with Crippen molar-refractivity contribution < 1.29 is 8.95 Å². The summed E-state index contributed by atoms with van der Waals surface area (Å²) in [4.78, 5) is 0.894. The van der Waals surface area contributed by atoms with Crippen molar-refractivity contribution in [2.24, 2.45) is 0 Å². The molecule has 3 nitrogen and oxygen atoms in total. The molecule has 0 aromatic heterocycles. The molecule has 0 fully saturated rings. The smallest absolute Gasteiger partial charge is 0.124 e. The molecule has 2 aromatic carbocycles. The van der Waals surface area contributed by atoms with Crippen molar-refractivity contribution >= 4 is 10.8 Å². The number of hydrogen-bond acceptors (Lipinski definition) is 3. The van der Waals surface area contributed by atoms with Crippen LogP contribution in [0.5, 0.6) is 5.75 Å². The number of para-hydroxylation sites is 1. The van der Waals surface area contributed by atoms with Crippen LogP contribution >= 0.6 is 0 Å². The standard InChI is InChI=1S/C17H19NO2S/c1-12-7-3-6-10-15(12)21(19)16-11-20-14-9-5-4-8-13(14)17(16)18-2/h3-10,16-18H,11H2,1-2H3. The Kier molecular flexibility index (Phi) is 4.08. The normalized spacial score (nSPS) is 22.2. The molecule has 0 aliphatic carbocycles. The lowest BCUT2D eigenvalue weighted by atomic mass is 10.0. The zero-order valence-electron chi connectivity index (χ0n) is 12.2. The summed E-state index contributed by atoms with van der Waals surface area (Å²) in [6, 6.07) is 15.8. The third-order valence-corrected chi connectivity index (χ3v) is 5.78. The Morgan fingerprint density at radius 3 is 2.62 bits per heavy atom. The van der Waals surface area contributed by atoms with Gasteiger partial charge in [-0.15, -0.1) is 0 Å². The summed E-state index contributed by atoms with van der Waals surface area (Å²) in [5.74, 6) is 0.884. The van der Waals surface area contributed by atoms with Gasteiger partial charge in [-0.25, -0.2) is 0 Å². The second kappa shape index (κ2) is 6.00. The number of ether oxygens (including phenoxy) is 1. The van der Waals surface area contributed by atoms with Gasteiger partial charge in [0.15, 0.2) is 0 Å². The second-order valence-corrected chi connectivity index (χ2v) is 6.86. The average molecular weight is 301 g/mol. The summed E-state index contributed by atoms with van der Waals surface area (Å²) in [5, 5.41) is 3.22. The van der Waals surface area contributed by atoms with Crippen molar-refractivity contribution in [1.82, 2.24) is 5.32 Å². The zero-order chi connectivity index (χ0) is 14.8. The van der Waals surface area contributed by atoms with E-state index in [2.05, 4.69) is 5.32 Å². The van der Waals surface area contributed by atoms with E-state index in [9.17, 15) is 4.21 Å². The quantitative estimate of drug-likeness (QED) is 0.947. The van der Waals surface area contributed by atoms with Crippen LogP contribution in [0.25, 0.3) is 0 Å². The number of aryl methyl sites for hydroxylation is 1. The zero-order valence-corrected chi connectivity index (χ0v) is 13.0. The summed E-state index contributed by atoms with van der Waals surface area (Å²) in [7, 11) is 0.805. The van der Waals surface area contributed by atoms with Crippen molar-refractivity contribution in [2.75, 3.05) is 13.7 Å². The summed E-state index contributed by atoms with van der Waals surface area (Å²) in [6.45, 7) is 2.46. The molecular weight excluding hydrogens is 282 g/mol. The summed E-state index contributed by atoms with van der Waals surface area (Å²) < 4.78 is 18.8. The Morgan fingerprint density at radius 1 is 1.14 bits per heavy atom. The lowest BCUT2D eigenvalue weighted by Gasteiger charge is -2.33. The van der Waals surface area contributed by atoms with E-state index >= 15 is 0 Å². The molecule has 0 saturated carbocycles. The van der Waals surface area contributed by atoms with Crippen LogP contribution in [-0.2, 0) is 10.8 Å². The highest BCUT2D eigenvalue weighted by molar-refractivity contribution is 7.85. The first-order valence-corrected chi connectivity index (χ1v) is 8.29. The predicted octanol–water partition coefficient (Wildman–Crippen LogP) is 2.82. The van der Waals surface area contributed by atoms with Crippen molar-refractivity contribution in [3.8, 4) is 5.75 Å². The largest absolute Gasteiger partial charge is 0.492 e. The van der Waals surface area contributed by atoms with Crippen molar-refractivity contribution in [2.45, 2.75) is 23.1 Å². The molecule has 1 aliphatic rings. The number of fused-ring (bicyclic) bond motifs is 1. The molecule has 21 heavy (non-hydrogen) atoms. The topological polar surface area (TPSA) is 38.3 Å². The van der Waals surface area contributed by atoms with E-state index in [-0.39, 0.29) is 11.3 Å². The third-order valence-electron chi connectivity index (χ3n) is 3.93. The SMILES string of the molecule is CNC1c2ccccc2OCC1S(=O)c1ccccc1C. The highest BCUT2D eigenvalue weighted by atomic mass is 32.2. The van der Waals surface area contributed by atoms with E-state index in [1.807, 2.05) is 62.5 Å². The number of benzene rings is 2. The first-order chi connectivity index (χ1) is 10.2. The van der Waals surface area contributed by atoms with E-state index in [0.29, 0.717) is 6.61 Å². The maximum absolute atomic E-state index is 13.0. The second-order valence-electron chi connectivity index (χ2n) is 5.22. The molecule has 0 bridgehead atoms. The van der Waals surface area contributed by atoms with Crippen LogP contribution in [0.4, 0.5) is 0 Å². The third kappa shape index (κ3) is 2.61. The van der Waals surface area contributed by atoms with Gasteiger partial charge in [0, 0.05) is 10.5 Å². The van der Waals surface area contributed by atoms with Gasteiger partial charge in [-0.1, -0.05) is 36.4 Å². The molecule has 3 unspecified atom stereocenters. The molecule has 0 amide bonds. The molecule has 0 spiro atoms. The predicted molar refractivity (Wildman–Crippen MR) is 85.1 cm³/mol. The van der Waals surface area contributed by atoms with Gasteiger partial charge in [-0.05, 0) is 31.7 Å². The lowest BCUT2D eigenvalue weighted by molar-refractivity contribution is 0.262. The molecule has 110 valence electrons. The number of hydrogen-bond donors (Lipinski definition) is 1. The van der Waals surface area contributed by atoms with Crippen LogP contribution in [-0.4, -0.2) is 23.1 Å². The first kappa shape index (κ1) is 14.3. The maximum atomic E-state index is 13.0. The van der Waals surface area contributed by atoms with Crippen LogP contribution in [0.15, 0.2) is 53.4 Å². The fourth-order valence-corrected chi connectivity index (χ4v) is 4.46. The minimum absolute atomic E-state index is 0.0374. The molecule has 1 N–H and O–H groups in total. The van der Waals surface area contributed by atoms with Gasteiger partial charge >= 0.3 is 0 Å². The minimum atomic E-state index is -1.11. The van der Waals surface area contributed by atoms with Crippen LogP contribution in [0.2, 0.25) is 0 Å². The summed E-state index contributed by atoms with van der Waals surface area (Å²) in [6.07, 6.45) is 0. The van der Waals surface area contributed by atoms with E-state index in [0.717, 1.165) is 21.8 Å². The highest BCUT2D eigenvalue weighted by Crippen LogP contribution is 2.35. The first-order valence-electron chi connectivity index (χ1n) is 7.07. The van der Waals surface area contributed by atoms with E-state index in [4.69, 9.17) is 4.74 Å². The Morgan fingerprint density at radius 2 is 1.86 bits per heavy atom. The highest BCUT2D eigenvalue weighted by Gasteiger charge is 2.34. The van der Waals surface area contributed by atoms with E-state index in [1.165, 1.54) is 0 Å². The monoisotopic (exact) mass is 301 g/mol. The molecule has 3 rings (SSSR count).